The number of hydrogen-bond donors (Lipinski definition) is 0. The van der Waals surface area contributed by atoms with Crippen molar-refractivity contribution in [2.75, 3.05) is 20.7 Å². The van der Waals surface area contributed by atoms with Crippen LogP contribution in [0.4, 0.5) is 4.39 Å². The van der Waals surface area contributed by atoms with Gasteiger partial charge in [0.25, 0.3) is 0 Å². The van der Waals surface area contributed by atoms with Crippen molar-refractivity contribution < 1.29 is 13.9 Å². The number of likely N-dealkylation sites (N-methyl/N-ethyl adjacent to an activating group) is 1. The van der Waals surface area contributed by atoms with Crippen molar-refractivity contribution in [1.82, 2.24) is 4.90 Å². The fraction of sp³-hybridized carbons (Fsp3) is 0.500. The zero-order valence-corrected chi connectivity index (χ0v) is 11.4. The minimum absolute atomic E-state index is 0.130. The van der Waals surface area contributed by atoms with Crippen molar-refractivity contribution >= 4 is 5.78 Å². The van der Waals surface area contributed by atoms with E-state index in [0.29, 0.717) is 17.4 Å². The van der Waals surface area contributed by atoms with Gasteiger partial charge >= 0.3 is 0 Å². The second kappa shape index (κ2) is 6.50. The van der Waals surface area contributed by atoms with Crippen LogP contribution in [-0.4, -0.2) is 37.4 Å². The maximum atomic E-state index is 13.2. The van der Waals surface area contributed by atoms with Crippen molar-refractivity contribution in [1.29, 1.82) is 0 Å². The predicted octanol–water partition coefficient (Wildman–Crippen LogP) is 2.75. The number of carbonyl (C=O) groups is 1. The Hall–Kier alpha value is -1.42. The summed E-state index contributed by atoms with van der Waals surface area (Å²) in [5.74, 6) is -0.140. The summed E-state index contributed by atoms with van der Waals surface area (Å²) in [6.45, 7) is 4.37. The summed E-state index contributed by atoms with van der Waals surface area (Å²) in [7, 11) is 3.36. The molecule has 0 N–H and O–H groups in total. The Labute approximate surface area is 108 Å². The van der Waals surface area contributed by atoms with Gasteiger partial charge in [0.2, 0.25) is 0 Å². The predicted molar refractivity (Wildman–Crippen MR) is 69.7 cm³/mol. The molecule has 3 nitrogen and oxygen atoms in total. The van der Waals surface area contributed by atoms with E-state index in [1.165, 1.54) is 25.3 Å². The molecule has 0 bridgehead atoms. The molecule has 0 saturated heterocycles. The van der Waals surface area contributed by atoms with Gasteiger partial charge in [0.15, 0.2) is 5.78 Å². The third kappa shape index (κ3) is 3.53. The molecule has 0 aliphatic carbocycles. The first kappa shape index (κ1) is 14.6. The van der Waals surface area contributed by atoms with E-state index in [2.05, 4.69) is 13.8 Å². The number of halogens is 1. The molecule has 0 radical (unpaired) electrons. The van der Waals surface area contributed by atoms with Gasteiger partial charge in [-0.2, -0.15) is 0 Å². The van der Waals surface area contributed by atoms with E-state index in [4.69, 9.17) is 4.74 Å². The van der Waals surface area contributed by atoms with E-state index in [0.717, 1.165) is 6.42 Å². The van der Waals surface area contributed by atoms with Gasteiger partial charge in [-0.15, -0.1) is 0 Å². The molecule has 0 saturated carbocycles. The highest BCUT2D eigenvalue weighted by Gasteiger charge is 2.17. The number of ketones is 1. The van der Waals surface area contributed by atoms with Crippen LogP contribution in [0.5, 0.6) is 5.75 Å². The quantitative estimate of drug-likeness (QED) is 0.730. The van der Waals surface area contributed by atoms with Crippen molar-refractivity contribution in [3.63, 3.8) is 0 Å². The molecule has 0 heterocycles. The molecular formula is C14H20FNO2. The summed E-state index contributed by atoms with van der Waals surface area (Å²) in [5, 5.41) is 0. The van der Waals surface area contributed by atoms with Crippen LogP contribution in [-0.2, 0) is 0 Å². The summed E-state index contributed by atoms with van der Waals surface area (Å²) in [5.41, 5.74) is 0.299. The third-order valence-electron chi connectivity index (χ3n) is 3.20. The lowest BCUT2D eigenvalue weighted by atomic mass is 10.1. The topological polar surface area (TPSA) is 29.5 Å². The summed E-state index contributed by atoms with van der Waals surface area (Å²) in [4.78, 5) is 14.1. The number of hydrogen-bond acceptors (Lipinski definition) is 3. The van der Waals surface area contributed by atoms with Gasteiger partial charge in [-0.1, -0.05) is 6.92 Å². The molecule has 4 heteroatoms. The first-order valence-electron chi connectivity index (χ1n) is 6.06. The maximum absolute atomic E-state index is 13.2. The normalized spacial score (nSPS) is 12.6. The van der Waals surface area contributed by atoms with Crippen LogP contribution in [0.3, 0.4) is 0 Å². The van der Waals surface area contributed by atoms with Crippen molar-refractivity contribution in [3.8, 4) is 5.75 Å². The first-order chi connectivity index (χ1) is 8.49. The lowest BCUT2D eigenvalue weighted by Crippen LogP contribution is -2.33. The first-order valence-corrected chi connectivity index (χ1v) is 6.06. The van der Waals surface area contributed by atoms with Crippen molar-refractivity contribution in [2.24, 2.45) is 0 Å². The summed E-state index contributed by atoms with van der Waals surface area (Å²) in [6.07, 6.45) is 0.962. The monoisotopic (exact) mass is 253 g/mol. The largest absolute Gasteiger partial charge is 0.496 e. The van der Waals surface area contributed by atoms with Gasteiger partial charge in [0, 0.05) is 6.04 Å². The molecule has 1 unspecified atom stereocenters. The number of Topliss-reactive ketones (excluding diaryl/α,β-unsaturated/α-hetero) is 1. The number of methoxy groups -OCH3 is 1. The van der Waals surface area contributed by atoms with E-state index in [9.17, 15) is 9.18 Å². The molecule has 0 fully saturated rings. The van der Waals surface area contributed by atoms with Crippen LogP contribution < -0.4 is 4.74 Å². The lowest BCUT2D eigenvalue weighted by Gasteiger charge is -2.22. The summed E-state index contributed by atoms with van der Waals surface area (Å²) in [6, 6.07) is 4.30. The Kier molecular flexibility index (Phi) is 5.28. The van der Waals surface area contributed by atoms with Gasteiger partial charge in [-0.3, -0.25) is 9.69 Å². The smallest absolute Gasteiger partial charge is 0.180 e. The average Bonchev–Trinajstić information content (AvgIpc) is 2.37. The molecule has 1 aromatic carbocycles. The van der Waals surface area contributed by atoms with Gasteiger partial charge in [-0.25, -0.2) is 4.39 Å². The average molecular weight is 253 g/mol. The van der Waals surface area contributed by atoms with Crippen molar-refractivity contribution in [2.45, 2.75) is 26.3 Å². The highest BCUT2D eigenvalue weighted by molar-refractivity contribution is 6.00. The zero-order valence-electron chi connectivity index (χ0n) is 11.4. The van der Waals surface area contributed by atoms with Crippen LogP contribution in [0.1, 0.15) is 30.6 Å². The molecule has 0 aromatic heterocycles. The standard InChI is InChI=1S/C14H20FNO2/c1-5-10(2)16(3)9-13(17)12-8-11(15)6-7-14(12)18-4/h6-8,10H,5,9H2,1-4H3. The molecule has 1 rings (SSSR count). The van der Waals surface area contributed by atoms with E-state index < -0.39 is 5.82 Å². The van der Waals surface area contributed by atoms with Gasteiger partial charge in [0.1, 0.15) is 11.6 Å². The van der Waals surface area contributed by atoms with Crippen LogP contribution in [0.2, 0.25) is 0 Å². The third-order valence-corrected chi connectivity index (χ3v) is 3.20. The van der Waals surface area contributed by atoms with E-state index in [1.54, 1.807) is 0 Å². The van der Waals surface area contributed by atoms with Gasteiger partial charge in [-0.05, 0) is 38.6 Å². The second-order valence-corrected chi connectivity index (χ2v) is 4.44. The summed E-state index contributed by atoms with van der Waals surface area (Å²) < 4.78 is 18.3. The zero-order chi connectivity index (χ0) is 13.7. The second-order valence-electron chi connectivity index (χ2n) is 4.44. The highest BCUT2D eigenvalue weighted by atomic mass is 19.1. The Morgan fingerprint density at radius 1 is 1.50 bits per heavy atom. The summed E-state index contributed by atoms with van der Waals surface area (Å²) >= 11 is 0. The Morgan fingerprint density at radius 2 is 2.17 bits per heavy atom. The Balaban J connectivity index is 2.87. The van der Waals surface area contributed by atoms with Gasteiger partial charge < -0.3 is 4.74 Å². The van der Waals surface area contributed by atoms with Crippen molar-refractivity contribution in [3.05, 3.63) is 29.6 Å². The van der Waals surface area contributed by atoms with E-state index in [1.807, 2.05) is 11.9 Å². The highest BCUT2D eigenvalue weighted by Crippen LogP contribution is 2.20. The molecular weight excluding hydrogens is 233 g/mol. The van der Waals surface area contributed by atoms with Gasteiger partial charge in [0.05, 0.1) is 19.2 Å². The van der Waals surface area contributed by atoms with Crippen LogP contribution in [0.25, 0.3) is 0 Å². The SMILES string of the molecule is CCC(C)N(C)CC(=O)c1cc(F)ccc1OC. The molecule has 18 heavy (non-hydrogen) atoms. The molecule has 0 aliphatic rings. The van der Waals surface area contributed by atoms with Crippen LogP contribution in [0, 0.1) is 5.82 Å². The molecule has 100 valence electrons. The van der Waals surface area contributed by atoms with E-state index >= 15 is 0 Å². The van der Waals surface area contributed by atoms with Crippen LogP contribution >= 0.6 is 0 Å². The number of rotatable bonds is 6. The molecule has 0 aliphatic heterocycles. The maximum Gasteiger partial charge on any atom is 0.180 e. The van der Waals surface area contributed by atoms with Crippen LogP contribution in [0.15, 0.2) is 18.2 Å². The number of carbonyl (C=O) groups excluding carboxylic acids is 1. The fourth-order valence-electron chi connectivity index (χ4n) is 1.68. The Morgan fingerprint density at radius 3 is 2.72 bits per heavy atom. The fourth-order valence-corrected chi connectivity index (χ4v) is 1.68. The molecule has 1 aromatic rings. The number of nitrogens with zero attached hydrogens (tertiary/aromatic N) is 1. The molecule has 0 spiro atoms. The minimum Gasteiger partial charge on any atom is -0.496 e. The number of ether oxygens (including phenoxy) is 1. The Bertz CT molecular complexity index is 420. The van der Waals surface area contributed by atoms with E-state index in [-0.39, 0.29) is 12.3 Å². The molecule has 1 atom stereocenters. The number of benzene rings is 1. The molecule has 0 amide bonds. The lowest BCUT2D eigenvalue weighted by molar-refractivity contribution is 0.0920. The minimum atomic E-state index is -0.426.